The van der Waals surface area contributed by atoms with Crippen LogP contribution in [0.15, 0.2) is 0 Å². The molecule has 0 nitrogen and oxygen atoms in total. The summed E-state index contributed by atoms with van der Waals surface area (Å²) in [6.07, 6.45) is 0. The van der Waals surface area contributed by atoms with Crippen molar-refractivity contribution in [1.29, 1.82) is 0 Å². The minimum Gasteiger partial charge on any atom is -0.232 e. The lowest BCUT2D eigenvalue weighted by Crippen LogP contribution is -3.06. The molecule has 0 N–H and O–H groups in total. The Labute approximate surface area is 207 Å². The van der Waals surface area contributed by atoms with E-state index in [1.165, 1.54) is 0 Å². The highest BCUT2D eigenvalue weighted by atomic mass is 19.4. The second-order valence-electron chi connectivity index (χ2n) is 9.80. The Morgan fingerprint density at radius 2 is 0.375 bits per heavy atom. The summed E-state index contributed by atoms with van der Waals surface area (Å²) >= 11 is 0. The van der Waals surface area contributed by atoms with E-state index in [0.717, 1.165) is 0 Å². The summed E-state index contributed by atoms with van der Waals surface area (Å²) in [5.41, 5.74) is -53.5. The zero-order chi connectivity index (χ0) is 33.0. The lowest BCUT2D eigenvalue weighted by atomic mass is 9.39. The lowest BCUT2D eigenvalue weighted by molar-refractivity contribution is -0.552. The largest absolute Gasteiger partial charge is 0.356 e. The van der Waals surface area contributed by atoms with Gasteiger partial charge in [-0.3, -0.25) is 0 Å². The van der Waals surface area contributed by atoms with Crippen molar-refractivity contribution in [1.82, 2.24) is 0 Å². The van der Waals surface area contributed by atoms with Crippen LogP contribution in [-0.4, -0.2) is 81.4 Å². The number of rotatable bonds is 4. The highest BCUT2D eigenvalue weighted by Gasteiger charge is 3.18. The quantitative estimate of drug-likeness (QED) is 0.269. The van der Waals surface area contributed by atoms with E-state index in [0.29, 0.717) is 0 Å². The number of halogens is 22. The molecule has 2 rings (SSSR count). The van der Waals surface area contributed by atoms with Crippen molar-refractivity contribution in [2.75, 3.05) is 0 Å². The van der Waals surface area contributed by atoms with Crippen molar-refractivity contribution in [3.8, 4) is 0 Å². The summed E-state index contributed by atoms with van der Waals surface area (Å²) in [4.78, 5) is 0. The molecule has 0 radical (unpaired) electrons. The standard InChI is InChI=1S/C18H12F22/c1-5(19,20)9(27)13(31)10(28,6(2,21)22)17(37,38)18(39,40)12(30,8(4,25)26)14(13,32)11(29,7(3,23)24)16(35,36)15(9,33)34/h1-4H3. The van der Waals surface area contributed by atoms with Gasteiger partial charge in [0.25, 0.3) is 46.4 Å². The Balaban J connectivity index is 3.79. The summed E-state index contributed by atoms with van der Waals surface area (Å²) in [6.45, 7) is -7.23. The number of hydrogen-bond donors (Lipinski definition) is 0. The molecule has 0 aliphatic heterocycles. The van der Waals surface area contributed by atoms with Gasteiger partial charge in [-0.05, 0) is 0 Å². The Morgan fingerprint density at radius 3 is 0.450 bits per heavy atom. The van der Waals surface area contributed by atoms with Crippen LogP contribution in [0.3, 0.4) is 0 Å². The predicted octanol–water partition coefficient (Wildman–Crippen LogP) is 8.43. The molecule has 0 amide bonds. The smallest absolute Gasteiger partial charge is 0.232 e. The number of hydrogen-bond acceptors (Lipinski definition) is 0. The summed E-state index contributed by atoms with van der Waals surface area (Å²) in [7, 11) is 0. The maximum Gasteiger partial charge on any atom is 0.356 e. The molecule has 2 aliphatic rings. The fourth-order valence-electron chi connectivity index (χ4n) is 5.47. The van der Waals surface area contributed by atoms with Gasteiger partial charge in [0, 0.05) is 27.7 Å². The molecule has 0 saturated heterocycles. The molecule has 4 atom stereocenters. The van der Waals surface area contributed by atoms with Crippen LogP contribution in [0, 0.1) is 0 Å². The van der Waals surface area contributed by atoms with Crippen molar-refractivity contribution in [2.45, 2.75) is 109 Å². The zero-order valence-electron chi connectivity index (χ0n) is 19.3. The minimum atomic E-state index is -9.22. The molecular weight excluding hydrogens is 634 g/mol. The first-order chi connectivity index (χ1) is 16.8. The third kappa shape index (κ3) is 2.57. The van der Waals surface area contributed by atoms with Crippen molar-refractivity contribution < 1.29 is 96.6 Å². The van der Waals surface area contributed by atoms with Gasteiger partial charge in [0.15, 0.2) is 0 Å². The molecule has 238 valence electrons. The van der Waals surface area contributed by atoms with E-state index in [2.05, 4.69) is 0 Å². The van der Waals surface area contributed by atoms with Gasteiger partial charge in [0.2, 0.25) is 11.3 Å². The monoisotopic (exact) mass is 646 g/mol. The topological polar surface area (TPSA) is 0 Å². The molecular formula is C18H12F22. The van der Waals surface area contributed by atoms with E-state index in [1.807, 2.05) is 0 Å². The Hall–Kier alpha value is -1.54. The molecule has 0 aromatic heterocycles. The minimum absolute atomic E-state index is 1.81. The third-order valence-electron chi connectivity index (χ3n) is 7.31. The van der Waals surface area contributed by atoms with Crippen LogP contribution in [-0.2, 0) is 0 Å². The van der Waals surface area contributed by atoms with Gasteiger partial charge in [0.1, 0.15) is 0 Å². The predicted molar refractivity (Wildman–Crippen MR) is 85.3 cm³/mol. The Morgan fingerprint density at radius 1 is 0.275 bits per heavy atom. The zero-order valence-corrected chi connectivity index (χ0v) is 19.3. The summed E-state index contributed by atoms with van der Waals surface area (Å²) in [5, 5.41) is 0. The van der Waals surface area contributed by atoms with Crippen molar-refractivity contribution in [2.24, 2.45) is 0 Å². The van der Waals surface area contributed by atoms with Gasteiger partial charge >= 0.3 is 23.7 Å². The van der Waals surface area contributed by atoms with E-state index >= 15 is 26.3 Å². The van der Waals surface area contributed by atoms with Crippen LogP contribution < -0.4 is 0 Å². The Kier molecular flexibility index (Phi) is 6.35. The highest BCUT2D eigenvalue weighted by Crippen LogP contribution is 2.85. The van der Waals surface area contributed by atoms with Crippen molar-refractivity contribution in [3.05, 3.63) is 0 Å². The van der Waals surface area contributed by atoms with Crippen LogP contribution in [0.4, 0.5) is 96.6 Å². The number of alkyl halides is 22. The molecule has 2 aliphatic carbocycles. The van der Waals surface area contributed by atoms with Gasteiger partial charge in [-0.15, -0.1) is 0 Å². The molecule has 40 heavy (non-hydrogen) atoms. The third-order valence-corrected chi connectivity index (χ3v) is 7.31. The lowest BCUT2D eigenvalue weighted by Gasteiger charge is -2.72. The molecule has 0 heterocycles. The van der Waals surface area contributed by atoms with Gasteiger partial charge < -0.3 is 0 Å². The van der Waals surface area contributed by atoms with Crippen LogP contribution in [0.1, 0.15) is 27.7 Å². The Bertz CT molecular complexity index is 896. The van der Waals surface area contributed by atoms with Gasteiger partial charge in [-0.1, -0.05) is 0 Å². The maximum absolute atomic E-state index is 16.4. The molecule has 2 fully saturated rings. The second-order valence-corrected chi connectivity index (χ2v) is 9.80. The van der Waals surface area contributed by atoms with Crippen LogP contribution >= 0.6 is 0 Å². The van der Waals surface area contributed by atoms with E-state index in [4.69, 9.17) is 0 Å². The fourth-order valence-corrected chi connectivity index (χ4v) is 5.47. The van der Waals surface area contributed by atoms with Crippen LogP contribution in [0.5, 0.6) is 0 Å². The highest BCUT2D eigenvalue weighted by molar-refractivity contribution is 5.53. The fraction of sp³-hybridized carbons (Fsp3) is 1.00. The van der Waals surface area contributed by atoms with Crippen molar-refractivity contribution in [3.63, 3.8) is 0 Å². The van der Waals surface area contributed by atoms with E-state index in [1.54, 1.807) is 0 Å². The molecule has 0 bridgehead atoms. The molecule has 0 aromatic rings. The number of fused-ring (bicyclic) bond motifs is 1. The summed E-state index contributed by atoms with van der Waals surface area (Å²) in [6, 6.07) is 0. The summed E-state index contributed by atoms with van der Waals surface area (Å²) in [5.74, 6) is -64.6. The van der Waals surface area contributed by atoms with E-state index in [-0.39, 0.29) is 0 Å². The average molecular weight is 646 g/mol. The van der Waals surface area contributed by atoms with Crippen LogP contribution in [0.2, 0.25) is 0 Å². The molecule has 4 unspecified atom stereocenters. The van der Waals surface area contributed by atoms with E-state index < -0.39 is 109 Å². The first-order valence-electron chi connectivity index (χ1n) is 9.91. The average Bonchev–Trinajstić information content (AvgIpc) is 2.69. The van der Waals surface area contributed by atoms with Gasteiger partial charge in [-0.2, -0.15) is 35.1 Å². The second kappa shape index (κ2) is 7.32. The SMILES string of the molecule is CC(F)(F)C1(F)C(F)(F)C(F)(F)C(F)(C(C)(F)F)C2(F)C(F)(C(C)(F)F)C(F)(F)C(F)(F)C(F)(C(C)(F)F)C12F. The van der Waals surface area contributed by atoms with Gasteiger partial charge in [-0.25, -0.2) is 61.5 Å². The molecule has 0 aromatic carbocycles. The van der Waals surface area contributed by atoms with Crippen LogP contribution in [0.25, 0.3) is 0 Å². The summed E-state index contributed by atoms with van der Waals surface area (Å²) < 4.78 is 327. The molecule has 0 spiro atoms. The first kappa shape index (κ1) is 34.7. The van der Waals surface area contributed by atoms with E-state index in [9.17, 15) is 70.2 Å². The van der Waals surface area contributed by atoms with Gasteiger partial charge in [0.05, 0.1) is 0 Å². The normalized spacial score (nSPS) is 45.1. The maximum atomic E-state index is 16.4. The van der Waals surface area contributed by atoms with Crippen molar-refractivity contribution >= 4 is 0 Å². The first-order valence-corrected chi connectivity index (χ1v) is 9.91. The molecule has 2 saturated carbocycles. The molecule has 22 heteroatoms.